The summed E-state index contributed by atoms with van der Waals surface area (Å²) in [5.74, 6) is -1.02. The van der Waals surface area contributed by atoms with Gasteiger partial charge in [-0.15, -0.1) is 0 Å². The van der Waals surface area contributed by atoms with Crippen LogP contribution in [-0.2, 0) is 4.79 Å². The molecule has 21 heavy (non-hydrogen) atoms. The number of amides is 2. The number of rotatable bonds is 6. The standard InChI is InChI=1S/C15H21ClN2O3/c1-4-7-13(14(19)20)17-15(21)18(3)10(2)11-8-5-6-9-12(11)16/h5-6,8-10,13H,4,7H2,1-3H3,(H,17,21)(H,19,20). The van der Waals surface area contributed by atoms with E-state index < -0.39 is 18.0 Å². The molecule has 0 saturated heterocycles. The molecule has 0 heterocycles. The highest BCUT2D eigenvalue weighted by atomic mass is 35.5. The topological polar surface area (TPSA) is 69.6 Å². The van der Waals surface area contributed by atoms with Crippen LogP contribution in [0.15, 0.2) is 24.3 Å². The van der Waals surface area contributed by atoms with E-state index in [0.717, 1.165) is 5.56 Å². The predicted molar refractivity (Wildman–Crippen MR) is 82.5 cm³/mol. The summed E-state index contributed by atoms with van der Waals surface area (Å²) in [6, 6.07) is 5.72. The van der Waals surface area contributed by atoms with E-state index in [1.165, 1.54) is 4.90 Å². The fourth-order valence-corrected chi connectivity index (χ4v) is 2.29. The van der Waals surface area contributed by atoms with Gasteiger partial charge in [0.1, 0.15) is 6.04 Å². The second-order valence-electron chi connectivity index (χ2n) is 4.94. The van der Waals surface area contributed by atoms with Gasteiger partial charge in [0.25, 0.3) is 0 Å². The highest BCUT2D eigenvalue weighted by Crippen LogP contribution is 2.26. The molecule has 1 aromatic rings. The van der Waals surface area contributed by atoms with Crippen molar-refractivity contribution in [1.29, 1.82) is 0 Å². The Morgan fingerprint density at radius 2 is 2.00 bits per heavy atom. The van der Waals surface area contributed by atoms with Gasteiger partial charge >= 0.3 is 12.0 Å². The van der Waals surface area contributed by atoms with Crippen LogP contribution in [0.3, 0.4) is 0 Å². The molecule has 0 aliphatic heterocycles. The number of hydrogen-bond donors (Lipinski definition) is 2. The van der Waals surface area contributed by atoms with Crippen LogP contribution in [-0.4, -0.2) is 35.1 Å². The SMILES string of the molecule is CCCC(NC(=O)N(C)C(C)c1ccccc1Cl)C(=O)O. The molecule has 0 bridgehead atoms. The third-order valence-electron chi connectivity index (χ3n) is 3.43. The smallest absolute Gasteiger partial charge is 0.326 e. The molecule has 0 fully saturated rings. The number of carboxylic acids is 1. The van der Waals surface area contributed by atoms with Gasteiger partial charge in [0, 0.05) is 12.1 Å². The molecule has 2 atom stereocenters. The summed E-state index contributed by atoms with van der Waals surface area (Å²) >= 11 is 6.12. The first-order valence-corrected chi connectivity index (χ1v) is 7.26. The molecule has 1 aromatic carbocycles. The Morgan fingerprint density at radius 3 is 2.52 bits per heavy atom. The van der Waals surface area contributed by atoms with Crippen LogP contribution in [0.1, 0.15) is 38.3 Å². The average molecular weight is 313 g/mol. The van der Waals surface area contributed by atoms with E-state index in [9.17, 15) is 9.59 Å². The van der Waals surface area contributed by atoms with E-state index in [0.29, 0.717) is 17.9 Å². The lowest BCUT2D eigenvalue weighted by Gasteiger charge is -2.27. The van der Waals surface area contributed by atoms with Crippen molar-refractivity contribution in [3.8, 4) is 0 Å². The first-order valence-electron chi connectivity index (χ1n) is 6.89. The van der Waals surface area contributed by atoms with Crippen molar-refractivity contribution in [2.75, 3.05) is 7.05 Å². The van der Waals surface area contributed by atoms with Crippen LogP contribution in [0.5, 0.6) is 0 Å². The largest absolute Gasteiger partial charge is 0.480 e. The molecule has 0 aliphatic rings. The fourth-order valence-electron chi connectivity index (χ4n) is 2.00. The van der Waals surface area contributed by atoms with E-state index in [1.54, 1.807) is 13.1 Å². The molecule has 0 aromatic heterocycles. The lowest BCUT2D eigenvalue weighted by molar-refractivity contribution is -0.139. The summed E-state index contributed by atoms with van der Waals surface area (Å²) in [6.45, 7) is 3.72. The Hall–Kier alpha value is -1.75. The minimum absolute atomic E-state index is 0.255. The van der Waals surface area contributed by atoms with Crippen molar-refractivity contribution >= 4 is 23.6 Å². The molecule has 0 saturated carbocycles. The van der Waals surface area contributed by atoms with Gasteiger partial charge in [-0.3, -0.25) is 0 Å². The zero-order chi connectivity index (χ0) is 16.0. The number of urea groups is 1. The molecule has 0 aliphatic carbocycles. The van der Waals surface area contributed by atoms with Gasteiger partial charge in [-0.1, -0.05) is 43.1 Å². The summed E-state index contributed by atoms with van der Waals surface area (Å²) < 4.78 is 0. The summed E-state index contributed by atoms with van der Waals surface area (Å²) in [5, 5.41) is 12.2. The predicted octanol–water partition coefficient (Wildman–Crippen LogP) is 3.30. The minimum atomic E-state index is -1.02. The van der Waals surface area contributed by atoms with Crippen molar-refractivity contribution in [3.05, 3.63) is 34.9 Å². The third kappa shape index (κ3) is 4.63. The summed E-state index contributed by atoms with van der Waals surface area (Å²) in [4.78, 5) is 24.7. The average Bonchev–Trinajstić information content (AvgIpc) is 2.45. The van der Waals surface area contributed by atoms with Crippen molar-refractivity contribution < 1.29 is 14.7 Å². The van der Waals surface area contributed by atoms with Crippen molar-refractivity contribution in [3.63, 3.8) is 0 Å². The van der Waals surface area contributed by atoms with E-state index in [1.807, 2.05) is 32.0 Å². The molecule has 5 nitrogen and oxygen atoms in total. The van der Waals surface area contributed by atoms with Gasteiger partial charge in [-0.25, -0.2) is 9.59 Å². The van der Waals surface area contributed by atoms with Crippen LogP contribution in [0.2, 0.25) is 5.02 Å². The monoisotopic (exact) mass is 312 g/mol. The molecule has 0 spiro atoms. The number of hydrogen-bond acceptors (Lipinski definition) is 2. The number of nitrogens with zero attached hydrogens (tertiary/aromatic N) is 1. The van der Waals surface area contributed by atoms with E-state index >= 15 is 0 Å². The lowest BCUT2D eigenvalue weighted by Crippen LogP contribution is -2.47. The second-order valence-corrected chi connectivity index (χ2v) is 5.34. The van der Waals surface area contributed by atoms with Crippen LogP contribution < -0.4 is 5.32 Å². The Bertz CT molecular complexity index is 507. The molecular formula is C15H21ClN2O3. The Morgan fingerprint density at radius 1 is 1.38 bits per heavy atom. The zero-order valence-electron chi connectivity index (χ0n) is 12.5. The molecule has 6 heteroatoms. The zero-order valence-corrected chi connectivity index (χ0v) is 13.2. The van der Waals surface area contributed by atoms with Gasteiger partial charge in [0.2, 0.25) is 0 Å². The quantitative estimate of drug-likeness (QED) is 0.846. The summed E-state index contributed by atoms with van der Waals surface area (Å²) in [6.07, 6.45) is 1.08. The van der Waals surface area contributed by atoms with Crippen LogP contribution in [0.4, 0.5) is 4.79 Å². The van der Waals surface area contributed by atoms with Crippen LogP contribution in [0.25, 0.3) is 0 Å². The number of carbonyl (C=O) groups excluding carboxylic acids is 1. The van der Waals surface area contributed by atoms with Crippen LogP contribution in [0, 0.1) is 0 Å². The van der Waals surface area contributed by atoms with E-state index in [2.05, 4.69) is 5.32 Å². The number of aliphatic carboxylic acids is 1. The molecular weight excluding hydrogens is 292 g/mol. The summed E-state index contributed by atoms with van der Waals surface area (Å²) in [7, 11) is 1.62. The highest BCUT2D eigenvalue weighted by molar-refractivity contribution is 6.31. The van der Waals surface area contributed by atoms with Crippen LogP contribution >= 0.6 is 11.6 Å². The Kier molecular flexibility index (Phi) is 6.49. The van der Waals surface area contributed by atoms with Crippen molar-refractivity contribution in [1.82, 2.24) is 10.2 Å². The van der Waals surface area contributed by atoms with Crippen molar-refractivity contribution in [2.45, 2.75) is 38.8 Å². The molecule has 2 amide bonds. The lowest BCUT2D eigenvalue weighted by atomic mass is 10.1. The molecule has 1 rings (SSSR count). The number of halogens is 1. The maximum absolute atomic E-state index is 12.2. The number of benzene rings is 1. The van der Waals surface area contributed by atoms with Crippen molar-refractivity contribution in [2.24, 2.45) is 0 Å². The van der Waals surface area contributed by atoms with E-state index in [-0.39, 0.29) is 6.04 Å². The molecule has 116 valence electrons. The van der Waals surface area contributed by atoms with Gasteiger partial charge < -0.3 is 15.3 Å². The van der Waals surface area contributed by atoms with E-state index in [4.69, 9.17) is 16.7 Å². The number of carbonyl (C=O) groups is 2. The molecule has 2 unspecified atom stereocenters. The first kappa shape index (κ1) is 17.3. The first-order chi connectivity index (χ1) is 9.88. The maximum Gasteiger partial charge on any atom is 0.326 e. The molecule has 2 N–H and O–H groups in total. The summed E-state index contributed by atoms with van der Waals surface area (Å²) in [5.41, 5.74) is 0.819. The van der Waals surface area contributed by atoms with Gasteiger partial charge in [0.15, 0.2) is 0 Å². The number of carboxylic acid groups (broad SMARTS) is 1. The van der Waals surface area contributed by atoms with Gasteiger partial charge in [0.05, 0.1) is 6.04 Å². The van der Waals surface area contributed by atoms with Gasteiger partial charge in [-0.2, -0.15) is 0 Å². The van der Waals surface area contributed by atoms with Gasteiger partial charge in [-0.05, 0) is 25.0 Å². The maximum atomic E-state index is 12.2. The second kappa shape index (κ2) is 7.88. The molecule has 0 radical (unpaired) electrons. The highest BCUT2D eigenvalue weighted by Gasteiger charge is 2.24. The number of nitrogens with one attached hydrogen (secondary N) is 1. The minimum Gasteiger partial charge on any atom is -0.480 e. The normalized spacial score (nSPS) is 13.3. The Labute approximate surface area is 129 Å². The fraction of sp³-hybridized carbons (Fsp3) is 0.467. The Balaban J connectivity index is 2.78. The third-order valence-corrected chi connectivity index (χ3v) is 3.77.